The van der Waals surface area contributed by atoms with E-state index in [0.717, 1.165) is 41.7 Å². The first kappa shape index (κ1) is 18.8. The van der Waals surface area contributed by atoms with Crippen molar-refractivity contribution >= 4 is 29.3 Å². The quantitative estimate of drug-likeness (QED) is 0.641. The summed E-state index contributed by atoms with van der Waals surface area (Å²) >= 11 is 5.82. The van der Waals surface area contributed by atoms with Gasteiger partial charge >= 0.3 is 0 Å². The summed E-state index contributed by atoms with van der Waals surface area (Å²) in [7, 11) is 0. The van der Waals surface area contributed by atoms with Crippen LogP contribution in [0.15, 0.2) is 59.2 Å². The van der Waals surface area contributed by atoms with Gasteiger partial charge in [-0.1, -0.05) is 24.3 Å². The Morgan fingerprint density at radius 1 is 1.11 bits per heavy atom. The van der Waals surface area contributed by atoms with Gasteiger partial charge in [-0.3, -0.25) is 4.79 Å². The van der Waals surface area contributed by atoms with Crippen LogP contribution in [0.5, 0.6) is 0 Å². The molecule has 4 rings (SSSR count). The van der Waals surface area contributed by atoms with E-state index in [2.05, 4.69) is 5.10 Å². The van der Waals surface area contributed by atoms with Crippen LogP contribution < -0.4 is 0 Å². The molecule has 0 saturated heterocycles. The molecule has 0 aromatic heterocycles. The van der Waals surface area contributed by atoms with Crippen LogP contribution in [0, 0.1) is 17.6 Å². The van der Waals surface area contributed by atoms with Gasteiger partial charge in [0, 0.05) is 5.92 Å². The predicted octanol–water partition coefficient (Wildman–Crippen LogP) is 5.33. The molecule has 2 aromatic rings. The average Bonchev–Trinajstić information content (AvgIpc) is 3.10. The Bertz CT molecular complexity index is 938. The second-order valence-corrected chi connectivity index (χ2v) is 7.34. The molecule has 0 bridgehead atoms. The number of allylic oxidation sites excluding steroid dienone is 1. The molecule has 1 aliphatic heterocycles. The molecular weight excluding hydrogens is 382 g/mol. The SMILES string of the molecule is O=C(CCl)N1N=C2/C(=C\c3ccc(F)cc3)CCC[C@H]2[C@H]1c1ccc(F)cc1. The number of hydrogen-bond donors (Lipinski definition) is 0. The molecule has 6 heteroatoms. The number of hydrazone groups is 1. The third-order valence-electron chi connectivity index (χ3n) is 5.29. The molecule has 1 amide bonds. The number of amides is 1. The van der Waals surface area contributed by atoms with Gasteiger partial charge in [-0.05, 0) is 66.3 Å². The molecule has 28 heavy (non-hydrogen) atoms. The van der Waals surface area contributed by atoms with Crippen LogP contribution in [-0.4, -0.2) is 22.5 Å². The molecule has 1 aliphatic carbocycles. The highest BCUT2D eigenvalue weighted by molar-refractivity contribution is 6.27. The number of benzene rings is 2. The molecule has 2 aliphatic rings. The van der Waals surface area contributed by atoms with Gasteiger partial charge in [-0.25, -0.2) is 13.8 Å². The first-order valence-corrected chi connectivity index (χ1v) is 9.79. The maximum absolute atomic E-state index is 13.4. The van der Waals surface area contributed by atoms with Crippen LogP contribution in [-0.2, 0) is 4.79 Å². The van der Waals surface area contributed by atoms with E-state index < -0.39 is 0 Å². The van der Waals surface area contributed by atoms with Gasteiger partial charge < -0.3 is 0 Å². The normalized spacial score (nSPS) is 22.9. The van der Waals surface area contributed by atoms with Gasteiger partial charge in [0.25, 0.3) is 5.91 Å². The summed E-state index contributed by atoms with van der Waals surface area (Å²) in [5.74, 6) is -1.02. The standard InChI is InChI=1S/C22H19ClF2N2O/c23-13-20(28)27-22(15-6-10-18(25)11-7-15)19-3-1-2-16(21(19)26-27)12-14-4-8-17(24)9-5-14/h4-12,19,22H,1-3,13H2/b16-12-/t19-,22-/m1/s1. The smallest absolute Gasteiger partial charge is 0.258 e. The third kappa shape index (κ3) is 3.59. The molecule has 0 unspecified atom stereocenters. The summed E-state index contributed by atoms with van der Waals surface area (Å²) in [6.07, 6.45) is 4.68. The molecule has 1 saturated carbocycles. The summed E-state index contributed by atoms with van der Waals surface area (Å²) in [5.41, 5.74) is 3.63. The van der Waals surface area contributed by atoms with Crippen LogP contribution in [0.25, 0.3) is 6.08 Å². The van der Waals surface area contributed by atoms with Gasteiger partial charge in [0.15, 0.2) is 0 Å². The molecule has 1 fully saturated rings. The number of halogens is 3. The van der Waals surface area contributed by atoms with Crippen LogP contribution in [0.3, 0.4) is 0 Å². The Morgan fingerprint density at radius 3 is 2.39 bits per heavy atom. The van der Waals surface area contributed by atoms with Crippen molar-refractivity contribution in [2.24, 2.45) is 11.0 Å². The Hall–Kier alpha value is -2.53. The summed E-state index contributed by atoms with van der Waals surface area (Å²) < 4.78 is 26.6. The Balaban J connectivity index is 1.73. The Morgan fingerprint density at radius 2 is 1.75 bits per heavy atom. The minimum atomic E-state index is -0.321. The zero-order valence-electron chi connectivity index (χ0n) is 15.1. The number of hydrogen-bond acceptors (Lipinski definition) is 2. The van der Waals surface area contributed by atoms with Gasteiger partial charge in [0.1, 0.15) is 17.5 Å². The first-order valence-electron chi connectivity index (χ1n) is 9.25. The minimum Gasteiger partial charge on any atom is -0.272 e. The van der Waals surface area contributed by atoms with Crippen molar-refractivity contribution in [3.05, 3.63) is 76.9 Å². The molecule has 3 nitrogen and oxygen atoms in total. The highest BCUT2D eigenvalue weighted by atomic mass is 35.5. The minimum absolute atomic E-state index is 0.0260. The molecule has 0 N–H and O–H groups in total. The number of carbonyl (C=O) groups excluding carboxylic acids is 1. The van der Waals surface area contributed by atoms with E-state index in [9.17, 15) is 13.6 Å². The number of nitrogens with zero attached hydrogens (tertiary/aromatic N) is 2. The molecule has 0 radical (unpaired) electrons. The molecule has 2 atom stereocenters. The topological polar surface area (TPSA) is 32.7 Å². The highest BCUT2D eigenvalue weighted by Crippen LogP contribution is 2.44. The maximum Gasteiger partial charge on any atom is 0.258 e. The molecular formula is C22H19ClF2N2O. The molecule has 2 aromatic carbocycles. The summed E-state index contributed by atoms with van der Waals surface area (Å²) in [6, 6.07) is 12.2. The van der Waals surface area contributed by atoms with Crippen molar-refractivity contribution in [2.75, 3.05) is 5.88 Å². The number of carbonyl (C=O) groups is 1. The second-order valence-electron chi connectivity index (χ2n) is 7.07. The summed E-state index contributed by atoms with van der Waals surface area (Å²) in [4.78, 5) is 12.5. The van der Waals surface area contributed by atoms with E-state index >= 15 is 0 Å². The lowest BCUT2D eigenvalue weighted by molar-refractivity contribution is -0.130. The van der Waals surface area contributed by atoms with E-state index in [1.165, 1.54) is 29.3 Å². The van der Waals surface area contributed by atoms with Gasteiger partial charge in [0.2, 0.25) is 0 Å². The van der Waals surface area contributed by atoms with E-state index in [1.54, 1.807) is 24.3 Å². The fourth-order valence-electron chi connectivity index (χ4n) is 4.02. The lowest BCUT2D eigenvalue weighted by atomic mass is 9.77. The van der Waals surface area contributed by atoms with Crippen molar-refractivity contribution in [3.8, 4) is 0 Å². The summed E-state index contributed by atoms with van der Waals surface area (Å²) in [5, 5.41) is 6.08. The van der Waals surface area contributed by atoms with Gasteiger partial charge in [-0.15, -0.1) is 11.6 Å². The van der Waals surface area contributed by atoms with E-state index in [-0.39, 0.29) is 35.4 Å². The van der Waals surface area contributed by atoms with E-state index in [4.69, 9.17) is 11.6 Å². The van der Waals surface area contributed by atoms with Crippen molar-refractivity contribution in [1.82, 2.24) is 5.01 Å². The Labute approximate surface area is 167 Å². The maximum atomic E-state index is 13.4. The lowest BCUT2D eigenvalue weighted by Crippen LogP contribution is -2.32. The highest BCUT2D eigenvalue weighted by Gasteiger charge is 2.43. The molecule has 1 heterocycles. The molecule has 144 valence electrons. The monoisotopic (exact) mass is 400 g/mol. The largest absolute Gasteiger partial charge is 0.272 e. The summed E-state index contributed by atoms with van der Waals surface area (Å²) in [6.45, 7) is 0. The predicted molar refractivity (Wildman–Crippen MR) is 106 cm³/mol. The van der Waals surface area contributed by atoms with Crippen LogP contribution in [0.2, 0.25) is 0 Å². The Kier molecular flexibility index (Phi) is 5.27. The van der Waals surface area contributed by atoms with Crippen molar-refractivity contribution < 1.29 is 13.6 Å². The first-order chi connectivity index (χ1) is 13.6. The van der Waals surface area contributed by atoms with E-state index in [0.29, 0.717) is 0 Å². The van der Waals surface area contributed by atoms with Gasteiger partial charge in [-0.2, -0.15) is 5.10 Å². The number of rotatable bonds is 3. The van der Waals surface area contributed by atoms with Crippen LogP contribution >= 0.6 is 11.6 Å². The fourth-order valence-corrected chi connectivity index (χ4v) is 4.14. The second kappa shape index (κ2) is 7.84. The lowest BCUT2D eigenvalue weighted by Gasteiger charge is -2.29. The average molecular weight is 401 g/mol. The van der Waals surface area contributed by atoms with Gasteiger partial charge in [0.05, 0.1) is 11.8 Å². The number of fused-ring (bicyclic) bond motifs is 1. The fraction of sp³-hybridized carbons (Fsp3) is 0.273. The van der Waals surface area contributed by atoms with Crippen molar-refractivity contribution in [2.45, 2.75) is 25.3 Å². The van der Waals surface area contributed by atoms with E-state index in [1.807, 2.05) is 6.08 Å². The van der Waals surface area contributed by atoms with Crippen LogP contribution in [0.4, 0.5) is 8.78 Å². The molecule has 0 spiro atoms. The third-order valence-corrected chi connectivity index (χ3v) is 5.52. The number of alkyl halides is 1. The zero-order chi connectivity index (χ0) is 19.7. The van der Waals surface area contributed by atoms with Crippen LogP contribution in [0.1, 0.15) is 36.4 Å². The van der Waals surface area contributed by atoms with Crippen molar-refractivity contribution in [3.63, 3.8) is 0 Å². The van der Waals surface area contributed by atoms with Crippen molar-refractivity contribution in [1.29, 1.82) is 0 Å². The zero-order valence-corrected chi connectivity index (χ0v) is 15.9.